The van der Waals surface area contributed by atoms with E-state index in [-0.39, 0.29) is 17.9 Å². The van der Waals surface area contributed by atoms with Gasteiger partial charge in [0.25, 0.3) is 0 Å². The molecule has 0 N–H and O–H groups in total. The second-order valence-electron chi connectivity index (χ2n) is 5.36. The van der Waals surface area contributed by atoms with E-state index in [4.69, 9.17) is 39.1 Å². The molecule has 0 aliphatic carbocycles. The molecule has 11 heteroatoms. The van der Waals surface area contributed by atoms with E-state index in [9.17, 15) is 10.1 Å². The maximum atomic E-state index is 10.7. The zero-order chi connectivity index (χ0) is 20.1. The number of nitro groups is 1. The minimum atomic E-state index is -3.22. The van der Waals surface area contributed by atoms with Crippen molar-refractivity contribution in [1.29, 1.82) is 0 Å². The highest BCUT2D eigenvalue weighted by Crippen LogP contribution is 2.30. The number of rotatable bonds is 17. The average Bonchev–Trinajstić information content (AvgIpc) is 2.61. The molecular weight excluding hydrogens is 386 g/mol. The summed E-state index contributed by atoms with van der Waals surface area (Å²) in [6.07, 6.45) is 0.702. The standard InChI is InChI=1S/C15H32ClNO8Si/c1-6-23-26(24-7-2,13-9-12-17(18)19)25-14(10-8-11-16)15(20-3,21-4)22-5/h14H,6-13H2,1-5H3. The molecule has 9 nitrogen and oxygen atoms in total. The van der Waals surface area contributed by atoms with Crippen molar-refractivity contribution in [3.8, 4) is 0 Å². The normalized spacial score (nSPS) is 13.8. The molecule has 0 fully saturated rings. The largest absolute Gasteiger partial charge is 0.501 e. The average molecular weight is 418 g/mol. The first-order valence-electron chi connectivity index (χ1n) is 8.68. The monoisotopic (exact) mass is 417 g/mol. The number of ether oxygens (including phenoxy) is 3. The van der Waals surface area contributed by atoms with E-state index in [0.29, 0.717) is 38.0 Å². The highest BCUT2D eigenvalue weighted by atomic mass is 35.5. The molecule has 156 valence electrons. The van der Waals surface area contributed by atoms with Crippen molar-refractivity contribution >= 4 is 20.4 Å². The molecule has 0 saturated heterocycles. The van der Waals surface area contributed by atoms with Crippen LogP contribution in [0.4, 0.5) is 0 Å². The highest BCUT2D eigenvalue weighted by molar-refractivity contribution is 6.60. The third kappa shape index (κ3) is 8.13. The van der Waals surface area contributed by atoms with Crippen molar-refractivity contribution in [2.45, 2.75) is 51.2 Å². The maximum absolute atomic E-state index is 10.7. The predicted octanol–water partition coefficient (Wildman–Crippen LogP) is 2.66. The Morgan fingerprint density at radius 1 is 1.08 bits per heavy atom. The van der Waals surface area contributed by atoms with E-state index in [0.717, 1.165) is 0 Å². The fraction of sp³-hybridized carbons (Fsp3) is 1.00. The molecule has 0 aliphatic rings. The van der Waals surface area contributed by atoms with E-state index < -0.39 is 20.9 Å². The molecule has 0 aromatic heterocycles. The summed E-state index contributed by atoms with van der Waals surface area (Å²) >= 11 is 5.83. The van der Waals surface area contributed by atoms with Gasteiger partial charge in [0.2, 0.25) is 6.54 Å². The Morgan fingerprint density at radius 2 is 1.62 bits per heavy atom. The van der Waals surface area contributed by atoms with Crippen LogP contribution in [0.15, 0.2) is 0 Å². The van der Waals surface area contributed by atoms with Crippen LogP contribution in [0.5, 0.6) is 0 Å². The first kappa shape index (κ1) is 25.7. The van der Waals surface area contributed by atoms with Crippen molar-refractivity contribution in [3.63, 3.8) is 0 Å². The molecule has 0 bridgehead atoms. The van der Waals surface area contributed by atoms with Gasteiger partial charge in [0.05, 0.1) is 0 Å². The van der Waals surface area contributed by atoms with Crippen LogP contribution in [0.3, 0.4) is 0 Å². The molecule has 0 rings (SSSR count). The number of nitrogens with zero attached hydrogens (tertiary/aromatic N) is 1. The van der Waals surface area contributed by atoms with Crippen LogP contribution in [0.25, 0.3) is 0 Å². The lowest BCUT2D eigenvalue weighted by Crippen LogP contribution is -2.57. The van der Waals surface area contributed by atoms with Gasteiger partial charge in [-0.3, -0.25) is 10.1 Å². The summed E-state index contributed by atoms with van der Waals surface area (Å²) in [5.41, 5.74) is 0. The van der Waals surface area contributed by atoms with Gasteiger partial charge < -0.3 is 27.5 Å². The van der Waals surface area contributed by atoms with Crippen LogP contribution in [0.1, 0.15) is 33.1 Å². The summed E-state index contributed by atoms with van der Waals surface area (Å²) in [5, 5.41) is 10.7. The summed E-state index contributed by atoms with van der Waals surface area (Å²) in [6, 6.07) is 0.306. The van der Waals surface area contributed by atoms with Crippen molar-refractivity contribution in [3.05, 3.63) is 10.1 Å². The summed E-state index contributed by atoms with van der Waals surface area (Å²) < 4.78 is 34.3. The second-order valence-corrected chi connectivity index (χ2v) is 8.42. The minimum absolute atomic E-state index is 0.186. The molecule has 1 atom stereocenters. The van der Waals surface area contributed by atoms with Crippen LogP contribution in [0, 0.1) is 10.1 Å². The van der Waals surface area contributed by atoms with Gasteiger partial charge in [0, 0.05) is 57.8 Å². The van der Waals surface area contributed by atoms with Gasteiger partial charge in [-0.05, 0) is 26.7 Å². The molecule has 0 saturated carbocycles. The lowest BCUT2D eigenvalue weighted by Gasteiger charge is -2.40. The van der Waals surface area contributed by atoms with Gasteiger partial charge >= 0.3 is 14.8 Å². The van der Waals surface area contributed by atoms with Crippen LogP contribution >= 0.6 is 11.6 Å². The maximum Gasteiger partial charge on any atom is 0.501 e. The van der Waals surface area contributed by atoms with Crippen LogP contribution in [-0.4, -0.2) is 72.8 Å². The van der Waals surface area contributed by atoms with Crippen molar-refractivity contribution in [2.75, 3.05) is 47.0 Å². The summed E-state index contributed by atoms with van der Waals surface area (Å²) in [7, 11) is 1.12. The quantitative estimate of drug-likeness (QED) is 0.117. The molecule has 1 unspecified atom stereocenters. The van der Waals surface area contributed by atoms with Gasteiger partial charge in [-0.15, -0.1) is 11.6 Å². The number of hydrogen-bond donors (Lipinski definition) is 0. The lowest BCUT2D eigenvalue weighted by molar-refractivity contribution is -0.480. The Morgan fingerprint density at radius 3 is 2.00 bits per heavy atom. The molecule has 0 spiro atoms. The van der Waals surface area contributed by atoms with E-state index in [1.807, 2.05) is 13.8 Å². The summed E-state index contributed by atoms with van der Waals surface area (Å²) in [5.74, 6) is -1.03. The van der Waals surface area contributed by atoms with Gasteiger partial charge in [-0.2, -0.15) is 0 Å². The van der Waals surface area contributed by atoms with Crippen LogP contribution in [-0.2, 0) is 27.5 Å². The highest BCUT2D eigenvalue weighted by Gasteiger charge is 2.50. The Hall–Kier alpha value is -0.333. The number of halogens is 1. The Balaban J connectivity index is 5.57. The summed E-state index contributed by atoms with van der Waals surface area (Å²) in [4.78, 5) is 10.3. The molecular formula is C15H32ClNO8Si. The van der Waals surface area contributed by atoms with Crippen LogP contribution in [0.2, 0.25) is 6.04 Å². The fourth-order valence-electron chi connectivity index (χ4n) is 2.61. The Kier molecular flexibility index (Phi) is 13.6. The topological polar surface area (TPSA) is 98.5 Å². The number of hydrogen-bond acceptors (Lipinski definition) is 8. The Labute approximate surface area is 161 Å². The fourth-order valence-corrected chi connectivity index (χ4v) is 5.56. The molecule has 0 aromatic rings. The SMILES string of the molecule is CCO[Si](CCC[N+](=O)[O-])(OCC)OC(CCCCl)C(OC)(OC)OC. The minimum Gasteiger partial charge on any atom is -0.374 e. The lowest BCUT2D eigenvalue weighted by atomic mass is 10.2. The first-order valence-corrected chi connectivity index (χ1v) is 11.1. The van der Waals surface area contributed by atoms with Crippen LogP contribution < -0.4 is 0 Å². The van der Waals surface area contributed by atoms with E-state index in [1.165, 1.54) is 21.3 Å². The van der Waals surface area contributed by atoms with E-state index >= 15 is 0 Å². The number of methoxy groups -OCH3 is 3. The predicted molar refractivity (Wildman–Crippen MR) is 98.9 cm³/mol. The van der Waals surface area contributed by atoms with Crippen molar-refractivity contribution in [2.24, 2.45) is 0 Å². The van der Waals surface area contributed by atoms with Gasteiger partial charge in [-0.1, -0.05) is 0 Å². The zero-order valence-corrected chi connectivity index (χ0v) is 18.1. The van der Waals surface area contributed by atoms with E-state index in [2.05, 4.69) is 0 Å². The molecule has 26 heavy (non-hydrogen) atoms. The third-order valence-electron chi connectivity index (χ3n) is 3.72. The smallest absolute Gasteiger partial charge is 0.374 e. The summed E-state index contributed by atoms with van der Waals surface area (Å²) in [6.45, 7) is 4.16. The van der Waals surface area contributed by atoms with Crippen molar-refractivity contribution in [1.82, 2.24) is 0 Å². The number of alkyl halides is 1. The first-order chi connectivity index (χ1) is 12.4. The van der Waals surface area contributed by atoms with Gasteiger partial charge in [-0.25, -0.2) is 0 Å². The molecule has 0 amide bonds. The van der Waals surface area contributed by atoms with E-state index in [1.54, 1.807) is 0 Å². The van der Waals surface area contributed by atoms with Crippen molar-refractivity contribution < 1.29 is 32.4 Å². The molecule has 0 radical (unpaired) electrons. The zero-order valence-electron chi connectivity index (χ0n) is 16.3. The molecule has 0 aliphatic heterocycles. The Bertz CT molecular complexity index is 372. The third-order valence-corrected chi connectivity index (χ3v) is 7.06. The van der Waals surface area contributed by atoms with Gasteiger partial charge in [0.1, 0.15) is 6.10 Å². The molecule has 0 heterocycles. The second kappa shape index (κ2) is 13.8. The van der Waals surface area contributed by atoms with Gasteiger partial charge in [0.15, 0.2) is 0 Å². The molecule has 0 aromatic carbocycles.